The number of amides is 1. The van der Waals surface area contributed by atoms with E-state index >= 15 is 0 Å². The van der Waals surface area contributed by atoms with Gasteiger partial charge in [-0.15, -0.1) is 0 Å². The smallest absolute Gasteiger partial charge is 0.357 e. The van der Waals surface area contributed by atoms with Crippen molar-refractivity contribution in [3.05, 3.63) is 59.2 Å². The minimum atomic E-state index is -0.693. The van der Waals surface area contributed by atoms with Gasteiger partial charge >= 0.3 is 5.97 Å². The van der Waals surface area contributed by atoms with E-state index in [0.29, 0.717) is 27.7 Å². The SMILES string of the molecule is COc1cc(NC(=O)COC(=O)c2ccc3ccccc3n2)c(OC)cc1Cl. The van der Waals surface area contributed by atoms with Crippen LogP contribution in [-0.2, 0) is 9.53 Å². The van der Waals surface area contributed by atoms with Crippen LogP contribution in [0, 0.1) is 0 Å². The number of hydrogen-bond donors (Lipinski definition) is 1. The van der Waals surface area contributed by atoms with Crippen LogP contribution >= 0.6 is 11.6 Å². The number of fused-ring (bicyclic) bond motifs is 1. The Morgan fingerprint density at radius 3 is 2.54 bits per heavy atom. The third-order valence-electron chi connectivity index (χ3n) is 3.89. The molecule has 0 spiro atoms. The van der Waals surface area contributed by atoms with Gasteiger partial charge in [0.25, 0.3) is 5.91 Å². The first-order chi connectivity index (χ1) is 13.5. The summed E-state index contributed by atoms with van der Waals surface area (Å²) in [6, 6.07) is 13.7. The van der Waals surface area contributed by atoms with Gasteiger partial charge in [0.05, 0.1) is 30.4 Å². The first kappa shape index (κ1) is 19.4. The number of carbonyl (C=O) groups is 2. The zero-order valence-corrected chi connectivity index (χ0v) is 15.9. The molecule has 144 valence electrons. The van der Waals surface area contributed by atoms with Crippen molar-refractivity contribution in [3.8, 4) is 11.5 Å². The van der Waals surface area contributed by atoms with Gasteiger partial charge in [0.15, 0.2) is 6.61 Å². The Morgan fingerprint density at radius 1 is 1.04 bits per heavy atom. The highest BCUT2D eigenvalue weighted by atomic mass is 35.5. The number of aromatic nitrogens is 1. The number of hydrogen-bond acceptors (Lipinski definition) is 6. The molecule has 0 aliphatic heterocycles. The van der Waals surface area contributed by atoms with Crippen molar-refractivity contribution in [1.29, 1.82) is 0 Å². The maximum Gasteiger partial charge on any atom is 0.357 e. The molecule has 0 aliphatic rings. The van der Waals surface area contributed by atoms with Gasteiger partial charge in [-0.2, -0.15) is 0 Å². The van der Waals surface area contributed by atoms with Crippen molar-refractivity contribution in [2.45, 2.75) is 0 Å². The van der Waals surface area contributed by atoms with Crippen molar-refractivity contribution >= 4 is 40.1 Å². The molecule has 8 heteroatoms. The Labute approximate surface area is 166 Å². The highest BCUT2D eigenvalue weighted by molar-refractivity contribution is 6.32. The predicted octanol–water partition coefficient (Wildman–Crippen LogP) is 3.70. The van der Waals surface area contributed by atoms with Crippen molar-refractivity contribution in [1.82, 2.24) is 4.98 Å². The Morgan fingerprint density at radius 2 is 1.79 bits per heavy atom. The number of esters is 1. The van der Waals surface area contributed by atoms with E-state index in [1.807, 2.05) is 18.2 Å². The third-order valence-corrected chi connectivity index (χ3v) is 4.19. The van der Waals surface area contributed by atoms with Gasteiger partial charge < -0.3 is 19.5 Å². The summed E-state index contributed by atoms with van der Waals surface area (Å²) >= 11 is 6.03. The Kier molecular flexibility index (Phi) is 5.96. The number of halogens is 1. The highest BCUT2D eigenvalue weighted by Gasteiger charge is 2.15. The maximum absolute atomic E-state index is 12.2. The molecule has 7 nitrogen and oxygen atoms in total. The zero-order chi connectivity index (χ0) is 20.1. The lowest BCUT2D eigenvalue weighted by Crippen LogP contribution is -2.21. The fourth-order valence-corrected chi connectivity index (χ4v) is 2.76. The average Bonchev–Trinajstić information content (AvgIpc) is 2.72. The van der Waals surface area contributed by atoms with Crippen LogP contribution in [0.4, 0.5) is 5.69 Å². The van der Waals surface area contributed by atoms with E-state index in [1.54, 1.807) is 18.2 Å². The molecule has 1 heterocycles. The Hall–Kier alpha value is -3.32. The van der Waals surface area contributed by atoms with Gasteiger partial charge in [-0.3, -0.25) is 4.79 Å². The standard InChI is InChI=1S/C20H17ClN2O5/c1-26-17-10-16(18(27-2)9-13(17)21)23-19(24)11-28-20(25)15-8-7-12-5-3-4-6-14(12)22-15/h3-10H,11H2,1-2H3,(H,23,24). The van der Waals surface area contributed by atoms with Crippen LogP contribution in [0.25, 0.3) is 10.9 Å². The minimum absolute atomic E-state index is 0.122. The van der Waals surface area contributed by atoms with Crippen molar-refractivity contribution in [2.75, 3.05) is 26.1 Å². The monoisotopic (exact) mass is 400 g/mol. The van der Waals surface area contributed by atoms with Crippen LogP contribution in [0.5, 0.6) is 11.5 Å². The molecule has 2 aromatic carbocycles. The molecule has 0 radical (unpaired) electrons. The van der Waals surface area contributed by atoms with E-state index < -0.39 is 18.5 Å². The molecule has 0 saturated heterocycles. The summed E-state index contributed by atoms with van der Waals surface area (Å²) in [6.07, 6.45) is 0. The van der Waals surface area contributed by atoms with Crippen LogP contribution in [0.2, 0.25) is 5.02 Å². The van der Waals surface area contributed by atoms with Gasteiger partial charge in [-0.1, -0.05) is 35.9 Å². The summed E-state index contributed by atoms with van der Waals surface area (Å²) in [5.74, 6) is -0.518. The number of benzene rings is 2. The van der Waals surface area contributed by atoms with Crippen molar-refractivity contribution in [3.63, 3.8) is 0 Å². The quantitative estimate of drug-likeness (QED) is 0.635. The molecule has 0 unspecified atom stereocenters. The summed E-state index contributed by atoms with van der Waals surface area (Å²) in [6.45, 7) is -0.485. The minimum Gasteiger partial charge on any atom is -0.495 e. The van der Waals surface area contributed by atoms with Gasteiger partial charge in [-0.25, -0.2) is 9.78 Å². The molecule has 0 fully saturated rings. The van der Waals surface area contributed by atoms with Crippen molar-refractivity contribution in [2.24, 2.45) is 0 Å². The fraction of sp³-hybridized carbons (Fsp3) is 0.150. The van der Waals surface area contributed by atoms with E-state index in [0.717, 1.165) is 5.39 Å². The topological polar surface area (TPSA) is 86.8 Å². The van der Waals surface area contributed by atoms with Crippen LogP contribution in [0.3, 0.4) is 0 Å². The van der Waals surface area contributed by atoms with Crippen LogP contribution < -0.4 is 14.8 Å². The molecule has 3 rings (SSSR count). The molecule has 28 heavy (non-hydrogen) atoms. The molecule has 3 aromatic rings. The lowest BCUT2D eigenvalue weighted by molar-refractivity contribution is -0.119. The zero-order valence-electron chi connectivity index (χ0n) is 15.2. The summed E-state index contributed by atoms with van der Waals surface area (Å²) in [4.78, 5) is 28.6. The number of nitrogens with one attached hydrogen (secondary N) is 1. The third kappa shape index (κ3) is 4.32. The maximum atomic E-state index is 12.2. The van der Waals surface area contributed by atoms with Crippen molar-refractivity contribution < 1.29 is 23.8 Å². The van der Waals surface area contributed by atoms with Crippen LogP contribution in [0.1, 0.15) is 10.5 Å². The second-order valence-electron chi connectivity index (χ2n) is 5.70. The molecule has 1 aromatic heterocycles. The van der Waals surface area contributed by atoms with Gasteiger partial charge in [0, 0.05) is 17.5 Å². The largest absolute Gasteiger partial charge is 0.495 e. The Balaban J connectivity index is 1.66. The van der Waals surface area contributed by atoms with Gasteiger partial charge in [0.1, 0.15) is 17.2 Å². The lowest BCUT2D eigenvalue weighted by atomic mass is 10.2. The molecule has 0 bridgehead atoms. The second-order valence-corrected chi connectivity index (χ2v) is 6.11. The molecule has 0 atom stereocenters. The molecular weight excluding hydrogens is 384 g/mol. The highest BCUT2D eigenvalue weighted by Crippen LogP contribution is 2.35. The number of rotatable bonds is 6. The molecule has 0 saturated carbocycles. The Bertz CT molecular complexity index is 1040. The number of ether oxygens (including phenoxy) is 3. The number of carbonyl (C=O) groups excluding carboxylic acids is 2. The lowest BCUT2D eigenvalue weighted by Gasteiger charge is -2.13. The molecule has 1 N–H and O–H groups in total. The summed E-state index contributed by atoms with van der Waals surface area (Å²) in [5, 5.41) is 3.84. The number of pyridine rings is 1. The summed E-state index contributed by atoms with van der Waals surface area (Å²) in [7, 11) is 2.90. The average molecular weight is 401 g/mol. The van der Waals surface area contributed by atoms with E-state index in [4.69, 9.17) is 25.8 Å². The fourth-order valence-electron chi connectivity index (χ4n) is 2.53. The van der Waals surface area contributed by atoms with E-state index in [2.05, 4.69) is 10.3 Å². The molecule has 1 amide bonds. The van der Waals surface area contributed by atoms with Crippen LogP contribution in [0.15, 0.2) is 48.5 Å². The number of nitrogens with zero attached hydrogens (tertiary/aromatic N) is 1. The van der Waals surface area contributed by atoms with E-state index in [1.165, 1.54) is 26.4 Å². The second kappa shape index (κ2) is 8.58. The summed E-state index contributed by atoms with van der Waals surface area (Å²) in [5.41, 5.74) is 1.13. The molecular formula is C20H17ClN2O5. The number of para-hydroxylation sites is 1. The molecule has 0 aliphatic carbocycles. The van der Waals surface area contributed by atoms with E-state index in [-0.39, 0.29) is 5.69 Å². The number of anilines is 1. The predicted molar refractivity (Wildman–Crippen MR) is 105 cm³/mol. The van der Waals surface area contributed by atoms with E-state index in [9.17, 15) is 9.59 Å². The normalized spacial score (nSPS) is 10.4. The van der Waals surface area contributed by atoms with Crippen LogP contribution in [-0.4, -0.2) is 37.7 Å². The summed E-state index contributed by atoms with van der Waals surface area (Å²) < 4.78 is 15.4. The van der Waals surface area contributed by atoms with Gasteiger partial charge in [-0.05, 0) is 12.1 Å². The first-order valence-electron chi connectivity index (χ1n) is 8.26. The first-order valence-corrected chi connectivity index (χ1v) is 8.64. The van der Waals surface area contributed by atoms with Gasteiger partial charge in [0.2, 0.25) is 0 Å². The number of methoxy groups -OCH3 is 2.